The fraction of sp³-hybridized carbons (Fsp3) is 0.294. The molecule has 0 amide bonds. The van der Waals surface area contributed by atoms with Gasteiger partial charge in [-0.25, -0.2) is 9.97 Å². The third-order valence-corrected chi connectivity index (χ3v) is 3.69. The van der Waals surface area contributed by atoms with Crippen molar-refractivity contribution in [3.63, 3.8) is 0 Å². The predicted octanol–water partition coefficient (Wildman–Crippen LogP) is 2.49. The summed E-state index contributed by atoms with van der Waals surface area (Å²) in [5.74, 6) is 0.743. The molecule has 0 unspecified atom stereocenters. The van der Waals surface area contributed by atoms with Crippen LogP contribution in [-0.4, -0.2) is 26.1 Å². The molecule has 3 rings (SSSR count). The van der Waals surface area contributed by atoms with Gasteiger partial charge in [0.1, 0.15) is 0 Å². The van der Waals surface area contributed by atoms with Gasteiger partial charge in [-0.3, -0.25) is 4.40 Å². The van der Waals surface area contributed by atoms with Crippen LogP contribution in [0.5, 0.6) is 0 Å². The summed E-state index contributed by atoms with van der Waals surface area (Å²) in [6.07, 6.45) is 2.56. The maximum absolute atomic E-state index is 8.93. The van der Waals surface area contributed by atoms with Gasteiger partial charge in [-0.1, -0.05) is 12.1 Å². The normalized spacial score (nSPS) is 11.0. The highest BCUT2D eigenvalue weighted by atomic mass is 16.2. The monoisotopic (exact) mass is 296 g/mol. The summed E-state index contributed by atoms with van der Waals surface area (Å²) in [5, 5.41) is 12.3. The smallest absolute Gasteiger partial charge is 0.234 e. The Morgan fingerprint density at radius 1 is 1.18 bits per heavy atom. The van der Waals surface area contributed by atoms with Crippen molar-refractivity contribution in [2.45, 2.75) is 26.8 Å². The molecule has 0 fully saturated rings. The van der Waals surface area contributed by atoms with Crippen molar-refractivity contribution < 1.29 is 5.11 Å². The second-order valence-electron chi connectivity index (χ2n) is 5.45. The van der Waals surface area contributed by atoms with E-state index in [9.17, 15) is 0 Å². The van der Waals surface area contributed by atoms with E-state index in [0.29, 0.717) is 13.0 Å². The number of benzene rings is 1. The summed E-state index contributed by atoms with van der Waals surface area (Å²) in [4.78, 5) is 8.82. The molecule has 2 aromatic heterocycles. The third-order valence-electron chi connectivity index (χ3n) is 3.69. The molecule has 0 spiro atoms. The Kier molecular flexibility index (Phi) is 4.06. The van der Waals surface area contributed by atoms with Crippen LogP contribution in [0.2, 0.25) is 0 Å². The molecule has 0 bridgehead atoms. The summed E-state index contributed by atoms with van der Waals surface area (Å²) >= 11 is 0. The van der Waals surface area contributed by atoms with Crippen LogP contribution in [0.4, 0.5) is 5.69 Å². The Hall–Kier alpha value is -2.40. The predicted molar refractivity (Wildman–Crippen MR) is 87.0 cm³/mol. The van der Waals surface area contributed by atoms with Crippen LogP contribution < -0.4 is 5.32 Å². The molecular formula is C17H20N4O. The molecule has 2 N–H and O–H groups in total. The zero-order valence-electron chi connectivity index (χ0n) is 12.9. The molecule has 0 saturated carbocycles. The van der Waals surface area contributed by atoms with Crippen LogP contribution in [0.15, 0.2) is 36.5 Å². The van der Waals surface area contributed by atoms with Gasteiger partial charge in [0.05, 0.1) is 18.4 Å². The molecule has 0 radical (unpaired) electrons. The molecule has 0 aliphatic carbocycles. The second kappa shape index (κ2) is 6.15. The summed E-state index contributed by atoms with van der Waals surface area (Å²) < 4.78 is 2.07. The van der Waals surface area contributed by atoms with Crippen LogP contribution in [0.25, 0.3) is 5.78 Å². The second-order valence-corrected chi connectivity index (χ2v) is 5.45. The van der Waals surface area contributed by atoms with E-state index in [1.807, 2.05) is 37.4 Å². The Bertz CT molecular complexity index is 777. The highest BCUT2D eigenvalue weighted by Crippen LogP contribution is 2.14. The zero-order chi connectivity index (χ0) is 15.5. The SMILES string of the molecule is Cc1cc(C)n2c(CNc3ccc(CCO)cc3)cnc2n1. The van der Waals surface area contributed by atoms with Crippen LogP contribution >= 0.6 is 0 Å². The standard InChI is InChI=1S/C17H20N4O/c1-12-9-13(2)21-16(11-19-17(21)20-12)10-18-15-5-3-14(4-6-15)7-8-22/h3-6,9,11,18,22H,7-8,10H2,1-2H3. The first-order valence-corrected chi connectivity index (χ1v) is 7.41. The largest absolute Gasteiger partial charge is 0.396 e. The lowest BCUT2D eigenvalue weighted by Crippen LogP contribution is -2.05. The van der Waals surface area contributed by atoms with Crippen molar-refractivity contribution in [1.29, 1.82) is 0 Å². The molecule has 0 atom stereocenters. The van der Waals surface area contributed by atoms with Crippen molar-refractivity contribution in [2.75, 3.05) is 11.9 Å². The number of aliphatic hydroxyl groups excluding tert-OH is 1. The Morgan fingerprint density at radius 2 is 1.95 bits per heavy atom. The zero-order valence-corrected chi connectivity index (χ0v) is 12.9. The lowest BCUT2D eigenvalue weighted by Gasteiger charge is -2.09. The van der Waals surface area contributed by atoms with Crippen LogP contribution in [0.3, 0.4) is 0 Å². The number of hydrogen-bond donors (Lipinski definition) is 2. The number of fused-ring (bicyclic) bond motifs is 1. The number of nitrogens with zero attached hydrogens (tertiary/aromatic N) is 3. The van der Waals surface area contributed by atoms with Gasteiger partial charge in [-0.05, 0) is 44.0 Å². The highest BCUT2D eigenvalue weighted by Gasteiger charge is 2.07. The van der Waals surface area contributed by atoms with Gasteiger partial charge in [0.15, 0.2) is 0 Å². The van der Waals surface area contributed by atoms with E-state index in [1.54, 1.807) is 0 Å². The quantitative estimate of drug-likeness (QED) is 0.759. The van der Waals surface area contributed by atoms with Gasteiger partial charge in [0, 0.05) is 23.7 Å². The Balaban J connectivity index is 1.76. The fourth-order valence-electron chi connectivity index (χ4n) is 2.63. The summed E-state index contributed by atoms with van der Waals surface area (Å²) in [7, 11) is 0. The number of aromatic nitrogens is 3. The van der Waals surface area contributed by atoms with Crippen LogP contribution in [-0.2, 0) is 13.0 Å². The van der Waals surface area contributed by atoms with Crippen molar-refractivity contribution in [3.8, 4) is 0 Å². The van der Waals surface area contributed by atoms with Gasteiger partial charge in [-0.15, -0.1) is 0 Å². The number of anilines is 1. The van der Waals surface area contributed by atoms with E-state index < -0.39 is 0 Å². The summed E-state index contributed by atoms with van der Waals surface area (Å²) in [6.45, 7) is 4.91. The molecule has 3 aromatic rings. The van der Waals surface area contributed by atoms with Crippen molar-refractivity contribution >= 4 is 11.5 Å². The molecule has 1 aromatic carbocycles. The average molecular weight is 296 g/mol. The van der Waals surface area contributed by atoms with Crippen molar-refractivity contribution in [2.24, 2.45) is 0 Å². The molecular weight excluding hydrogens is 276 g/mol. The molecule has 0 aliphatic heterocycles. The van der Waals surface area contributed by atoms with Crippen molar-refractivity contribution in [1.82, 2.24) is 14.4 Å². The van der Waals surface area contributed by atoms with E-state index in [1.165, 1.54) is 0 Å². The topological polar surface area (TPSA) is 62.5 Å². The minimum absolute atomic E-state index is 0.181. The minimum Gasteiger partial charge on any atom is -0.396 e. The highest BCUT2D eigenvalue weighted by molar-refractivity contribution is 5.45. The lowest BCUT2D eigenvalue weighted by atomic mass is 10.1. The molecule has 5 heteroatoms. The number of aliphatic hydroxyl groups is 1. The molecule has 114 valence electrons. The first-order valence-electron chi connectivity index (χ1n) is 7.41. The maximum Gasteiger partial charge on any atom is 0.234 e. The minimum atomic E-state index is 0.181. The third kappa shape index (κ3) is 2.94. The van der Waals surface area contributed by atoms with E-state index in [2.05, 4.69) is 32.7 Å². The molecule has 5 nitrogen and oxygen atoms in total. The van der Waals surface area contributed by atoms with Crippen LogP contribution in [0, 0.1) is 13.8 Å². The Morgan fingerprint density at radius 3 is 2.68 bits per heavy atom. The van der Waals surface area contributed by atoms with E-state index in [0.717, 1.165) is 34.1 Å². The Labute approximate surface area is 129 Å². The van der Waals surface area contributed by atoms with Crippen molar-refractivity contribution in [3.05, 3.63) is 59.2 Å². The van der Waals surface area contributed by atoms with Gasteiger partial charge >= 0.3 is 0 Å². The molecule has 22 heavy (non-hydrogen) atoms. The fourth-order valence-corrected chi connectivity index (χ4v) is 2.63. The summed E-state index contributed by atoms with van der Waals surface area (Å²) in [6, 6.07) is 10.2. The first-order chi connectivity index (χ1) is 10.7. The van der Waals surface area contributed by atoms with Gasteiger partial charge < -0.3 is 10.4 Å². The van der Waals surface area contributed by atoms with Gasteiger partial charge in [0.2, 0.25) is 5.78 Å². The lowest BCUT2D eigenvalue weighted by molar-refractivity contribution is 0.299. The van der Waals surface area contributed by atoms with E-state index in [-0.39, 0.29) is 6.61 Å². The van der Waals surface area contributed by atoms with E-state index >= 15 is 0 Å². The molecule has 2 heterocycles. The molecule has 0 saturated heterocycles. The van der Waals surface area contributed by atoms with Gasteiger partial charge in [-0.2, -0.15) is 0 Å². The van der Waals surface area contributed by atoms with Gasteiger partial charge in [0.25, 0.3) is 0 Å². The average Bonchev–Trinajstić information content (AvgIpc) is 2.90. The molecule has 0 aliphatic rings. The number of hydrogen-bond acceptors (Lipinski definition) is 4. The van der Waals surface area contributed by atoms with Crippen LogP contribution in [0.1, 0.15) is 22.6 Å². The number of nitrogens with one attached hydrogen (secondary N) is 1. The van der Waals surface area contributed by atoms with E-state index in [4.69, 9.17) is 5.11 Å². The maximum atomic E-state index is 8.93. The first kappa shape index (κ1) is 14.5. The number of aryl methyl sites for hydroxylation is 2. The summed E-state index contributed by atoms with van der Waals surface area (Å²) in [5.41, 5.74) is 5.39. The number of rotatable bonds is 5. The number of imidazole rings is 1.